The third-order valence-corrected chi connectivity index (χ3v) is 5.08. The Labute approximate surface area is 168 Å². The molecule has 0 aliphatic heterocycles. The summed E-state index contributed by atoms with van der Waals surface area (Å²) in [6.45, 7) is 1.93. The Morgan fingerprint density at radius 2 is 2.00 bits per heavy atom. The van der Waals surface area contributed by atoms with Gasteiger partial charge in [-0.3, -0.25) is 4.79 Å². The minimum atomic E-state index is -0.441. The summed E-state index contributed by atoms with van der Waals surface area (Å²) in [6, 6.07) is 12.0. The number of hydrogen-bond donors (Lipinski definition) is 1. The number of nitrogens with zero attached hydrogens (tertiary/aromatic N) is 2. The molecule has 2 aromatic carbocycles. The highest BCUT2D eigenvalue weighted by molar-refractivity contribution is 9.10. The Balaban J connectivity index is 1.65. The Kier molecular flexibility index (Phi) is 6.41. The average molecular weight is 448 g/mol. The molecule has 27 heavy (non-hydrogen) atoms. The van der Waals surface area contributed by atoms with Crippen molar-refractivity contribution in [2.75, 3.05) is 11.1 Å². The van der Waals surface area contributed by atoms with Crippen molar-refractivity contribution in [3.8, 4) is 11.6 Å². The molecule has 0 unspecified atom stereocenters. The number of carbonyl (C=O) groups excluding carboxylic acids is 1. The van der Waals surface area contributed by atoms with E-state index in [9.17, 15) is 9.18 Å². The number of halogens is 2. The van der Waals surface area contributed by atoms with Crippen molar-refractivity contribution in [2.45, 2.75) is 11.9 Å². The minimum absolute atomic E-state index is 0.0838. The Hall–Kier alpha value is -2.45. The number of para-hydroxylation sites is 1. The molecule has 0 atom stereocenters. The van der Waals surface area contributed by atoms with Gasteiger partial charge in [0.05, 0.1) is 10.2 Å². The lowest BCUT2D eigenvalue weighted by molar-refractivity contribution is -0.113. The second-order valence-electron chi connectivity index (χ2n) is 5.50. The molecule has 0 radical (unpaired) electrons. The van der Waals surface area contributed by atoms with Crippen LogP contribution in [0, 0.1) is 12.7 Å². The molecule has 0 fully saturated rings. The zero-order chi connectivity index (χ0) is 19.2. The van der Waals surface area contributed by atoms with Gasteiger partial charge in [-0.2, -0.15) is 0 Å². The number of hydrogen-bond acceptors (Lipinski definition) is 5. The molecule has 0 aliphatic carbocycles. The number of aromatic nitrogens is 2. The lowest BCUT2D eigenvalue weighted by Gasteiger charge is -2.10. The Bertz CT molecular complexity index is 971. The Morgan fingerprint density at radius 1 is 1.22 bits per heavy atom. The third kappa shape index (κ3) is 5.27. The summed E-state index contributed by atoms with van der Waals surface area (Å²) in [5.74, 6) is 0.368. The smallest absolute Gasteiger partial charge is 0.252 e. The number of rotatable bonds is 6. The number of benzene rings is 2. The first kappa shape index (κ1) is 19.3. The average Bonchev–Trinajstić information content (AvgIpc) is 2.66. The van der Waals surface area contributed by atoms with Gasteiger partial charge in [0.25, 0.3) is 5.88 Å². The van der Waals surface area contributed by atoms with E-state index in [0.717, 1.165) is 5.56 Å². The van der Waals surface area contributed by atoms with Crippen molar-refractivity contribution in [1.82, 2.24) is 9.97 Å². The van der Waals surface area contributed by atoms with E-state index in [2.05, 4.69) is 31.2 Å². The predicted octanol–water partition coefficient (Wildman–Crippen LogP) is 5.21. The highest BCUT2D eigenvalue weighted by atomic mass is 79.9. The van der Waals surface area contributed by atoms with Crippen LogP contribution in [0.15, 0.2) is 64.4 Å². The van der Waals surface area contributed by atoms with E-state index in [1.54, 1.807) is 6.07 Å². The maximum absolute atomic E-state index is 13.5. The van der Waals surface area contributed by atoms with Crippen LogP contribution in [0.2, 0.25) is 0 Å². The fraction of sp³-hybridized carbons (Fsp3) is 0.105. The standard InChI is InChI=1S/C19H15BrFN3O2S/c1-12-4-2-3-5-16(12)26-18-19(23-9-8-22-18)27-11-17(25)24-13-6-7-14(20)15(21)10-13/h2-10H,11H2,1H3,(H,24,25). The summed E-state index contributed by atoms with van der Waals surface area (Å²) in [4.78, 5) is 20.6. The molecule has 3 rings (SSSR count). The summed E-state index contributed by atoms with van der Waals surface area (Å²) < 4.78 is 19.7. The minimum Gasteiger partial charge on any atom is -0.436 e. The van der Waals surface area contributed by atoms with E-state index in [4.69, 9.17) is 4.74 Å². The summed E-state index contributed by atoms with van der Waals surface area (Å²) >= 11 is 4.27. The maximum atomic E-state index is 13.5. The lowest BCUT2D eigenvalue weighted by atomic mass is 10.2. The van der Waals surface area contributed by atoms with Crippen LogP contribution in [0.25, 0.3) is 0 Å². The van der Waals surface area contributed by atoms with E-state index in [0.29, 0.717) is 26.8 Å². The fourth-order valence-corrected chi connectivity index (χ4v) is 3.10. The maximum Gasteiger partial charge on any atom is 0.252 e. The number of anilines is 1. The highest BCUT2D eigenvalue weighted by Crippen LogP contribution is 2.30. The lowest BCUT2D eigenvalue weighted by Crippen LogP contribution is -2.14. The molecule has 0 saturated heterocycles. The van der Waals surface area contributed by atoms with Gasteiger partial charge in [0.15, 0.2) is 5.03 Å². The topological polar surface area (TPSA) is 64.1 Å². The normalized spacial score (nSPS) is 10.5. The molecule has 1 amide bonds. The third-order valence-electron chi connectivity index (χ3n) is 3.48. The van der Waals surface area contributed by atoms with Crippen molar-refractivity contribution < 1.29 is 13.9 Å². The van der Waals surface area contributed by atoms with Gasteiger partial charge in [-0.05, 0) is 52.7 Å². The van der Waals surface area contributed by atoms with E-state index in [1.165, 1.54) is 36.3 Å². The van der Waals surface area contributed by atoms with Crippen LogP contribution in [0.5, 0.6) is 11.6 Å². The molecular weight excluding hydrogens is 433 g/mol. The number of amides is 1. The molecule has 1 N–H and O–H groups in total. The van der Waals surface area contributed by atoms with Gasteiger partial charge in [-0.25, -0.2) is 14.4 Å². The number of ether oxygens (including phenoxy) is 1. The van der Waals surface area contributed by atoms with E-state index in [1.807, 2.05) is 31.2 Å². The summed E-state index contributed by atoms with van der Waals surface area (Å²) in [5.41, 5.74) is 1.35. The van der Waals surface area contributed by atoms with Crippen LogP contribution in [-0.2, 0) is 4.79 Å². The Morgan fingerprint density at radius 3 is 2.78 bits per heavy atom. The molecule has 1 heterocycles. The van der Waals surface area contributed by atoms with Gasteiger partial charge < -0.3 is 10.1 Å². The number of aryl methyl sites for hydroxylation is 1. The molecule has 1 aromatic heterocycles. The number of nitrogens with one attached hydrogen (secondary N) is 1. The molecular formula is C19H15BrFN3O2S. The van der Waals surface area contributed by atoms with Crippen LogP contribution in [-0.4, -0.2) is 21.6 Å². The first-order valence-electron chi connectivity index (χ1n) is 7.95. The molecule has 0 saturated carbocycles. The zero-order valence-electron chi connectivity index (χ0n) is 14.3. The molecule has 5 nitrogen and oxygen atoms in total. The largest absolute Gasteiger partial charge is 0.436 e. The van der Waals surface area contributed by atoms with Crippen molar-refractivity contribution in [3.63, 3.8) is 0 Å². The highest BCUT2D eigenvalue weighted by Gasteiger charge is 2.13. The zero-order valence-corrected chi connectivity index (χ0v) is 16.7. The second-order valence-corrected chi connectivity index (χ2v) is 7.32. The molecule has 3 aromatic rings. The number of thioether (sulfide) groups is 1. The quantitative estimate of drug-likeness (QED) is 0.525. The van der Waals surface area contributed by atoms with Crippen LogP contribution < -0.4 is 10.1 Å². The van der Waals surface area contributed by atoms with Crippen molar-refractivity contribution in [3.05, 3.63) is 70.7 Å². The molecule has 0 spiro atoms. The molecule has 8 heteroatoms. The molecule has 0 aliphatic rings. The SMILES string of the molecule is Cc1ccccc1Oc1nccnc1SCC(=O)Nc1ccc(Br)c(F)c1. The van der Waals surface area contributed by atoms with Crippen molar-refractivity contribution in [2.24, 2.45) is 0 Å². The van der Waals surface area contributed by atoms with Crippen molar-refractivity contribution in [1.29, 1.82) is 0 Å². The van der Waals surface area contributed by atoms with E-state index in [-0.39, 0.29) is 11.7 Å². The van der Waals surface area contributed by atoms with Crippen LogP contribution >= 0.6 is 27.7 Å². The summed E-state index contributed by atoms with van der Waals surface area (Å²) in [6.07, 6.45) is 3.07. The first-order valence-corrected chi connectivity index (χ1v) is 9.73. The van der Waals surface area contributed by atoms with Gasteiger partial charge in [-0.15, -0.1) is 0 Å². The summed E-state index contributed by atoms with van der Waals surface area (Å²) in [7, 11) is 0. The van der Waals surface area contributed by atoms with Gasteiger partial charge >= 0.3 is 0 Å². The van der Waals surface area contributed by atoms with Gasteiger partial charge in [0.2, 0.25) is 5.91 Å². The van der Waals surface area contributed by atoms with Crippen LogP contribution in [0.4, 0.5) is 10.1 Å². The molecule has 0 bridgehead atoms. The van der Waals surface area contributed by atoms with Crippen LogP contribution in [0.3, 0.4) is 0 Å². The predicted molar refractivity (Wildman–Crippen MR) is 107 cm³/mol. The monoisotopic (exact) mass is 447 g/mol. The van der Waals surface area contributed by atoms with Gasteiger partial charge in [0.1, 0.15) is 11.6 Å². The number of carbonyl (C=O) groups is 1. The first-order chi connectivity index (χ1) is 13.0. The molecule has 138 valence electrons. The van der Waals surface area contributed by atoms with E-state index < -0.39 is 5.82 Å². The van der Waals surface area contributed by atoms with Gasteiger partial charge in [0, 0.05) is 18.1 Å². The summed E-state index contributed by atoms with van der Waals surface area (Å²) in [5, 5.41) is 3.15. The second kappa shape index (κ2) is 8.96. The van der Waals surface area contributed by atoms with E-state index >= 15 is 0 Å². The van der Waals surface area contributed by atoms with Crippen molar-refractivity contribution >= 4 is 39.3 Å². The fourth-order valence-electron chi connectivity index (χ4n) is 2.16. The van der Waals surface area contributed by atoms with Crippen LogP contribution in [0.1, 0.15) is 5.56 Å². The van der Waals surface area contributed by atoms with Gasteiger partial charge in [-0.1, -0.05) is 30.0 Å².